The van der Waals surface area contributed by atoms with Crippen molar-refractivity contribution in [1.29, 1.82) is 0 Å². The first kappa shape index (κ1) is 14.2. The van der Waals surface area contributed by atoms with Crippen molar-refractivity contribution >= 4 is 11.9 Å². The number of esters is 1. The molecule has 1 atom stereocenters. The van der Waals surface area contributed by atoms with Crippen molar-refractivity contribution in [3.8, 4) is 0 Å². The number of hydrogen-bond acceptors (Lipinski definition) is 4. The van der Waals surface area contributed by atoms with Crippen LogP contribution in [0, 0.1) is 0 Å². The molecule has 106 valence electrons. The summed E-state index contributed by atoms with van der Waals surface area (Å²) in [6.07, 6.45) is 7.30. The first-order chi connectivity index (χ1) is 9.70. The first-order valence-electron chi connectivity index (χ1n) is 6.68. The van der Waals surface area contributed by atoms with Gasteiger partial charge in [0.1, 0.15) is 11.7 Å². The second kappa shape index (κ2) is 6.84. The summed E-state index contributed by atoms with van der Waals surface area (Å²) < 4.78 is 4.76. The van der Waals surface area contributed by atoms with Gasteiger partial charge in [-0.05, 0) is 37.8 Å². The van der Waals surface area contributed by atoms with Crippen LogP contribution in [-0.2, 0) is 9.53 Å². The predicted molar refractivity (Wildman–Crippen MR) is 74.1 cm³/mol. The topological polar surface area (TPSA) is 68.3 Å². The van der Waals surface area contributed by atoms with Gasteiger partial charge in [0.25, 0.3) is 5.91 Å². The zero-order valence-corrected chi connectivity index (χ0v) is 11.5. The number of allylic oxidation sites excluding steroid dienone is 1. The number of aromatic nitrogens is 1. The average Bonchev–Trinajstić information content (AvgIpc) is 2.99. The molecule has 20 heavy (non-hydrogen) atoms. The highest BCUT2D eigenvalue weighted by atomic mass is 16.5. The molecule has 1 amide bonds. The Kier molecular flexibility index (Phi) is 4.87. The van der Waals surface area contributed by atoms with Gasteiger partial charge in [0.2, 0.25) is 0 Å². The zero-order chi connectivity index (χ0) is 14.4. The van der Waals surface area contributed by atoms with Gasteiger partial charge in [-0.3, -0.25) is 9.78 Å². The summed E-state index contributed by atoms with van der Waals surface area (Å²) >= 11 is 0. The van der Waals surface area contributed by atoms with Crippen LogP contribution in [-0.4, -0.2) is 30.0 Å². The fourth-order valence-electron chi connectivity index (χ4n) is 2.25. The van der Waals surface area contributed by atoms with Crippen molar-refractivity contribution in [2.24, 2.45) is 0 Å². The molecule has 1 aliphatic rings. The van der Waals surface area contributed by atoms with Crippen molar-refractivity contribution in [1.82, 2.24) is 10.3 Å². The van der Waals surface area contributed by atoms with Gasteiger partial charge in [0.05, 0.1) is 7.11 Å². The van der Waals surface area contributed by atoms with Crippen molar-refractivity contribution in [3.05, 3.63) is 41.7 Å². The molecule has 0 spiro atoms. The van der Waals surface area contributed by atoms with Crippen molar-refractivity contribution < 1.29 is 14.3 Å². The normalized spacial score (nSPS) is 15.3. The Labute approximate surface area is 118 Å². The Balaban J connectivity index is 2.03. The maximum Gasteiger partial charge on any atom is 0.328 e. The highest BCUT2D eigenvalue weighted by Crippen LogP contribution is 2.22. The first-order valence-corrected chi connectivity index (χ1v) is 6.68. The molecule has 2 rings (SSSR count). The molecule has 0 fully saturated rings. The van der Waals surface area contributed by atoms with E-state index >= 15 is 0 Å². The number of nitrogens with one attached hydrogen (secondary N) is 1. The predicted octanol–water partition coefficient (Wildman–Crippen LogP) is 1.85. The Bertz CT molecular complexity index is 511. The average molecular weight is 274 g/mol. The second-order valence-corrected chi connectivity index (χ2v) is 4.72. The Morgan fingerprint density at radius 1 is 1.45 bits per heavy atom. The number of hydrogen-bond donors (Lipinski definition) is 1. The summed E-state index contributed by atoms with van der Waals surface area (Å²) in [7, 11) is 1.32. The monoisotopic (exact) mass is 274 g/mol. The molecule has 0 radical (unpaired) electrons. The molecule has 0 aliphatic heterocycles. The summed E-state index contributed by atoms with van der Waals surface area (Å²) in [6.45, 7) is 0. The minimum atomic E-state index is -0.654. The van der Waals surface area contributed by atoms with Crippen molar-refractivity contribution in [2.45, 2.75) is 31.7 Å². The van der Waals surface area contributed by atoms with E-state index in [9.17, 15) is 9.59 Å². The third-order valence-electron chi connectivity index (χ3n) is 3.29. The number of amides is 1. The molecule has 0 bridgehead atoms. The van der Waals surface area contributed by atoms with Crippen LogP contribution in [0.4, 0.5) is 0 Å². The van der Waals surface area contributed by atoms with Gasteiger partial charge >= 0.3 is 5.97 Å². The van der Waals surface area contributed by atoms with Gasteiger partial charge in [0, 0.05) is 6.20 Å². The summed E-state index contributed by atoms with van der Waals surface area (Å²) in [6, 6.07) is 4.42. The molecule has 5 heteroatoms. The number of pyridine rings is 1. The van der Waals surface area contributed by atoms with Crippen molar-refractivity contribution in [2.75, 3.05) is 7.11 Å². The molecular weight excluding hydrogens is 256 g/mol. The molecule has 1 aliphatic carbocycles. The summed E-state index contributed by atoms with van der Waals surface area (Å²) in [4.78, 5) is 27.8. The van der Waals surface area contributed by atoms with E-state index in [0.717, 1.165) is 19.3 Å². The molecule has 1 aromatic rings. The van der Waals surface area contributed by atoms with Gasteiger partial charge in [-0.2, -0.15) is 0 Å². The highest BCUT2D eigenvalue weighted by Gasteiger charge is 2.24. The van der Waals surface area contributed by atoms with Crippen LogP contribution in [0.25, 0.3) is 0 Å². The summed E-state index contributed by atoms with van der Waals surface area (Å²) in [5.74, 6) is -0.790. The standard InChI is InChI=1S/C15H18N2O3/c1-20-15(19)13(10-11-6-2-3-7-11)17-14(18)12-8-4-5-9-16-12/h4-6,8-9,13H,2-3,7,10H2,1H3,(H,17,18)/t13-/m1/s1. The third-order valence-corrected chi connectivity index (χ3v) is 3.29. The fraction of sp³-hybridized carbons (Fsp3) is 0.400. The molecule has 1 N–H and O–H groups in total. The third kappa shape index (κ3) is 3.66. The smallest absolute Gasteiger partial charge is 0.328 e. The molecule has 0 aromatic carbocycles. The minimum absolute atomic E-state index is 0.293. The van der Waals surface area contributed by atoms with E-state index in [1.807, 2.05) is 0 Å². The molecule has 5 nitrogen and oxygen atoms in total. The van der Waals surface area contributed by atoms with Crippen LogP contribution in [0.5, 0.6) is 0 Å². The molecule has 1 aromatic heterocycles. The lowest BCUT2D eigenvalue weighted by atomic mass is 10.1. The van der Waals surface area contributed by atoms with Gasteiger partial charge in [-0.25, -0.2) is 4.79 Å². The van der Waals surface area contributed by atoms with Crippen LogP contribution in [0.2, 0.25) is 0 Å². The largest absolute Gasteiger partial charge is 0.467 e. The number of ether oxygens (including phenoxy) is 1. The molecule has 0 saturated carbocycles. The van der Waals surface area contributed by atoms with Crippen LogP contribution in [0.3, 0.4) is 0 Å². The summed E-state index contributed by atoms with van der Waals surface area (Å²) in [5.41, 5.74) is 1.49. The zero-order valence-electron chi connectivity index (χ0n) is 11.5. The van der Waals surface area contributed by atoms with Crippen LogP contribution >= 0.6 is 0 Å². The number of carbonyl (C=O) groups excluding carboxylic acids is 2. The quantitative estimate of drug-likeness (QED) is 0.657. The SMILES string of the molecule is COC(=O)[C@@H](CC1=CCCC1)NC(=O)c1ccccn1. The fourth-order valence-corrected chi connectivity index (χ4v) is 2.25. The van der Waals surface area contributed by atoms with E-state index < -0.39 is 12.0 Å². The van der Waals surface area contributed by atoms with E-state index in [4.69, 9.17) is 4.74 Å². The Hall–Kier alpha value is -2.17. The van der Waals surface area contributed by atoms with Gasteiger partial charge in [-0.15, -0.1) is 0 Å². The van der Waals surface area contributed by atoms with E-state index in [1.54, 1.807) is 24.4 Å². The molecule has 1 heterocycles. The number of nitrogens with zero attached hydrogens (tertiary/aromatic N) is 1. The highest BCUT2D eigenvalue weighted by molar-refractivity contribution is 5.95. The van der Waals surface area contributed by atoms with Gasteiger partial charge < -0.3 is 10.1 Å². The van der Waals surface area contributed by atoms with E-state index in [2.05, 4.69) is 16.4 Å². The number of carbonyl (C=O) groups is 2. The maximum absolute atomic E-state index is 12.0. The lowest BCUT2D eigenvalue weighted by Crippen LogP contribution is -2.42. The van der Waals surface area contributed by atoms with Crippen LogP contribution in [0.1, 0.15) is 36.2 Å². The molecule has 0 saturated heterocycles. The summed E-state index contributed by atoms with van der Waals surface area (Å²) in [5, 5.41) is 2.69. The van der Waals surface area contributed by atoms with Crippen molar-refractivity contribution in [3.63, 3.8) is 0 Å². The number of methoxy groups -OCH3 is 1. The lowest BCUT2D eigenvalue weighted by molar-refractivity contribution is -0.142. The number of rotatable bonds is 5. The molecule has 0 unspecified atom stereocenters. The van der Waals surface area contributed by atoms with E-state index in [1.165, 1.54) is 12.7 Å². The second-order valence-electron chi connectivity index (χ2n) is 4.72. The minimum Gasteiger partial charge on any atom is -0.467 e. The molecular formula is C15H18N2O3. The maximum atomic E-state index is 12.0. The lowest BCUT2D eigenvalue weighted by Gasteiger charge is -2.16. The Morgan fingerprint density at radius 3 is 2.90 bits per heavy atom. The van der Waals surface area contributed by atoms with Gasteiger partial charge in [0.15, 0.2) is 0 Å². The van der Waals surface area contributed by atoms with E-state index in [0.29, 0.717) is 12.1 Å². The van der Waals surface area contributed by atoms with Gasteiger partial charge in [-0.1, -0.05) is 17.7 Å². The van der Waals surface area contributed by atoms with Crippen LogP contribution in [0.15, 0.2) is 36.0 Å². The van der Waals surface area contributed by atoms with E-state index in [-0.39, 0.29) is 5.91 Å². The van der Waals surface area contributed by atoms with Crippen LogP contribution < -0.4 is 5.32 Å². The Morgan fingerprint density at radius 2 is 2.30 bits per heavy atom.